The van der Waals surface area contributed by atoms with Gasteiger partial charge >= 0.3 is 0 Å². The lowest BCUT2D eigenvalue weighted by molar-refractivity contribution is 0.359. The van der Waals surface area contributed by atoms with Crippen molar-refractivity contribution in [1.29, 1.82) is 0 Å². The van der Waals surface area contributed by atoms with E-state index in [4.69, 9.17) is 27.9 Å². The zero-order valence-electron chi connectivity index (χ0n) is 10.7. The molecule has 0 fully saturated rings. The van der Waals surface area contributed by atoms with Gasteiger partial charge in [0.05, 0.1) is 5.03 Å². The van der Waals surface area contributed by atoms with Crippen LogP contribution in [0.4, 0.5) is 0 Å². The first kappa shape index (κ1) is 15.4. The van der Waals surface area contributed by atoms with E-state index in [0.717, 1.165) is 18.6 Å². The molecule has 100 valence electrons. The van der Waals surface area contributed by atoms with E-state index in [1.165, 1.54) is 11.1 Å². The van der Waals surface area contributed by atoms with Crippen molar-refractivity contribution in [2.75, 3.05) is 13.7 Å². The molecule has 0 aliphatic rings. The van der Waals surface area contributed by atoms with Crippen LogP contribution in [0.1, 0.15) is 18.9 Å². The maximum atomic E-state index is 5.74. The molecule has 0 saturated heterocycles. The normalized spacial score (nSPS) is 13.4. The van der Waals surface area contributed by atoms with Crippen molar-refractivity contribution in [3.8, 4) is 5.75 Å². The van der Waals surface area contributed by atoms with E-state index in [1.807, 2.05) is 19.2 Å². The van der Waals surface area contributed by atoms with Gasteiger partial charge in [-0.15, -0.1) is 0 Å². The van der Waals surface area contributed by atoms with E-state index in [1.54, 1.807) is 0 Å². The number of ether oxygens (including phenoxy) is 1. The fourth-order valence-corrected chi connectivity index (χ4v) is 1.58. The van der Waals surface area contributed by atoms with Crippen LogP contribution in [-0.2, 0) is 6.42 Å². The summed E-state index contributed by atoms with van der Waals surface area (Å²) >= 11 is 11.2. The van der Waals surface area contributed by atoms with Crippen molar-refractivity contribution in [3.05, 3.63) is 40.4 Å². The molecule has 1 N–H and O–H groups in total. The Morgan fingerprint density at radius 3 is 2.61 bits per heavy atom. The predicted octanol–water partition coefficient (Wildman–Crippen LogP) is 3.92. The van der Waals surface area contributed by atoms with Crippen LogP contribution in [0, 0.1) is 0 Å². The van der Waals surface area contributed by atoms with Gasteiger partial charge in [0.2, 0.25) is 0 Å². The Hall–Kier alpha value is -0.700. The van der Waals surface area contributed by atoms with Crippen LogP contribution in [0.3, 0.4) is 0 Å². The standard InChI is InChI=1S/C14H19Cl2NO/c1-11(17-2)3-4-12-5-7-14(8-6-12)18-10-13(16)9-15/h5-9,11,17H,3-4,10H2,1-2H3. The molecule has 18 heavy (non-hydrogen) atoms. The highest BCUT2D eigenvalue weighted by Crippen LogP contribution is 2.15. The number of rotatable bonds is 7. The van der Waals surface area contributed by atoms with E-state index in [0.29, 0.717) is 17.7 Å². The molecule has 1 rings (SSSR count). The summed E-state index contributed by atoms with van der Waals surface area (Å²) in [7, 11) is 1.98. The van der Waals surface area contributed by atoms with Gasteiger partial charge < -0.3 is 10.1 Å². The average molecular weight is 288 g/mol. The van der Waals surface area contributed by atoms with Gasteiger partial charge in [-0.1, -0.05) is 35.3 Å². The summed E-state index contributed by atoms with van der Waals surface area (Å²) in [5, 5.41) is 3.72. The smallest absolute Gasteiger partial charge is 0.125 e. The topological polar surface area (TPSA) is 21.3 Å². The zero-order chi connectivity index (χ0) is 13.4. The first-order valence-corrected chi connectivity index (χ1v) is 6.81. The average Bonchev–Trinajstić information content (AvgIpc) is 2.43. The minimum Gasteiger partial charge on any atom is -0.488 e. The third kappa shape index (κ3) is 5.76. The Morgan fingerprint density at radius 1 is 1.39 bits per heavy atom. The van der Waals surface area contributed by atoms with Crippen LogP contribution in [0.25, 0.3) is 0 Å². The molecule has 0 radical (unpaired) electrons. The van der Waals surface area contributed by atoms with Crippen LogP contribution in [0.5, 0.6) is 5.75 Å². The summed E-state index contributed by atoms with van der Waals surface area (Å²) in [6.07, 6.45) is 2.18. The van der Waals surface area contributed by atoms with E-state index >= 15 is 0 Å². The molecule has 1 unspecified atom stereocenters. The van der Waals surface area contributed by atoms with E-state index in [9.17, 15) is 0 Å². The SMILES string of the molecule is CNC(C)CCc1ccc(OCC(Cl)=CCl)cc1. The first-order valence-electron chi connectivity index (χ1n) is 5.99. The maximum absolute atomic E-state index is 5.74. The predicted molar refractivity (Wildman–Crippen MR) is 78.6 cm³/mol. The molecule has 0 bridgehead atoms. The molecule has 1 aromatic rings. The molecule has 0 amide bonds. The van der Waals surface area contributed by atoms with E-state index < -0.39 is 0 Å². The van der Waals surface area contributed by atoms with Gasteiger partial charge in [-0.3, -0.25) is 0 Å². The molecular formula is C14H19Cl2NO. The van der Waals surface area contributed by atoms with Gasteiger partial charge in [0, 0.05) is 11.6 Å². The molecule has 0 saturated carbocycles. The Kier molecular flexibility index (Phi) is 7.18. The third-order valence-corrected chi connectivity index (χ3v) is 3.37. The summed E-state index contributed by atoms with van der Waals surface area (Å²) in [5.74, 6) is 0.803. The Bertz CT molecular complexity index is 376. The quantitative estimate of drug-likeness (QED) is 0.821. The molecule has 0 aliphatic heterocycles. The van der Waals surface area contributed by atoms with Gasteiger partial charge in [-0.05, 0) is 44.5 Å². The highest BCUT2D eigenvalue weighted by Gasteiger charge is 2.00. The Balaban J connectivity index is 2.42. The highest BCUT2D eigenvalue weighted by molar-refractivity contribution is 6.36. The van der Waals surface area contributed by atoms with Crippen molar-refractivity contribution in [3.63, 3.8) is 0 Å². The fraction of sp³-hybridized carbons (Fsp3) is 0.429. The highest BCUT2D eigenvalue weighted by atomic mass is 35.5. The van der Waals surface area contributed by atoms with Crippen LogP contribution < -0.4 is 10.1 Å². The molecular weight excluding hydrogens is 269 g/mol. The summed E-state index contributed by atoms with van der Waals surface area (Å²) in [6, 6.07) is 8.61. The van der Waals surface area contributed by atoms with Crippen molar-refractivity contribution >= 4 is 23.2 Å². The summed E-state index contributed by atoms with van der Waals surface area (Å²) < 4.78 is 5.46. The molecule has 0 aliphatic carbocycles. The second-order valence-corrected chi connectivity index (χ2v) is 4.92. The molecule has 0 aromatic heterocycles. The van der Waals surface area contributed by atoms with Gasteiger partial charge in [0.1, 0.15) is 12.4 Å². The minimum atomic E-state index is 0.307. The molecule has 0 spiro atoms. The number of nitrogens with one attached hydrogen (secondary N) is 1. The van der Waals surface area contributed by atoms with Gasteiger partial charge in [0.25, 0.3) is 0 Å². The second kappa shape index (κ2) is 8.41. The molecule has 1 aromatic carbocycles. The number of benzene rings is 1. The van der Waals surface area contributed by atoms with Crippen molar-refractivity contribution < 1.29 is 4.74 Å². The zero-order valence-corrected chi connectivity index (χ0v) is 12.3. The van der Waals surface area contributed by atoms with Crippen molar-refractivity contribution in [2.24, 2.45) is 0 Å². The van der Waals surface area contributed by atoms with E-state index in [-0.39, 0.29) is 0 Å². The molecule has 4 heteroatoms. The summed E-state index contributed by atoms with van der Waals surface area (Å²) in [4.78, 5) is 0. The lowest BCUT2D eigenvalue weighted by atomic mass is 10.1. The van der Waals surface area contributed by atoms with Gasteiger partial charge in [0.15, 0.2) is 0 Å². The first-order chi connectivity index (χ1) is 8.65. The third-order valence-electron chi connectivity index (χ3n) is 2.78. The Labute approximate surface area is 119 Å². The number of hydrogen-bond donors (Lipinski definition) is 1. The van der Waals surface area contributed by atoms with E-state index in [2.05, 4.69) is 24.4 Å². The molecule has 1 atom stereocenters. The van der Waals surface area contributed by atoms with Crippen LogP contribution >= 0.6 is 23.2 Å². The lowest BCUT2D eigenvalue weighted by Crippen LogP contribution is -2.21. The fourth-order valence-electron chi connectivity index (χ4n) is 1.46. The summed E-state index contributed by atoms with van der Waals surface area (Å²) in [6.45, 7) is 2.49. The lowest BCUT2D eigenvalue weighted by Gasteiger charge is -2.10. The van der Waals surface area contributed by atoms with Crippen LogP contribution in [0.15, 0.2) is 34.8 Å². The maximum Gasteiger partial charge on any atom is 0.125 e. The second-order valence-electron chi connectivity index (χ2n) is 4.22. The number of halogens is 2. The number of hydrogen-bond acceptors (Lipinski definition) is 2. The van der Waals surface area contributed by atoms with Crippen molar-refractivity contribution in [2.45, 2.75) is 25.8 Å². The van der Waals surface area contributed by atoms with Crippen LogP contribution in [-0.4, -0.2) is 19.7 Å². The largest absolute Gasteiger partial charge is 0.488 e. The Morgan fingerprint density at radius 2 is 2.06 bits per heavy atom. The monoisotopic (exact) mass is 287 g/mol. The van der Waals surface area contributed by atoms with Crippen LogP contribution in [0.2, 0.25) is 0 Å². The number of aryl methyl sites for hydroxylation is 1. The van der Waals surface area contributed by atoms with Gasteiger partial charge in [-0.25, -0.2) is 0 Å². The minimum absolute atomic E-state index is 0.307. The van der Waals surface area contributed by atoms with Gasteiger partial charge in [-0.2, -0.15) is 0 Å². The molecule has 0 heterocycles. The molecule has 2 nitrogen and oxygen atoms in total. The van der Waals surface area contributed by atoms with Crippen molar-refractivity contribution in [1.82, 2.24) is 5.32 Å². The summed E-state index contributed by atoms with van der Waals surface area (Å²) in [5.41, 5.74) is 2.62.